The van der Waals surface area contributed by atoms with Crippen molar-refractivity contribution in [2.45, 2.75) is 18.9 Å². The van der Waals surface area contributed by atoms with Crippen LogP contribution in [0.1, 0.15) is 23.2 Å². The van der Waals surface area contributed by atoms with Gasteiger partial charge in [0.25, 0.3) is 5.91 Å². The Bertz CT molecular complexity index is 720. The van der Waals surface area contributed by atoms with E-state index in [0.29, 0.717) is 28.3 Å². The Hall–Kier alpha value is -1.98. The average Bonchev–Trinajstić information content (AvgIpc) is 3.01. The summed E-state index contributed by atoms with van der Waals surface area (Å²) < 4.78 is 5.65. The first kappa shape index (κ1) is 15.5. The monoisotopic (exact) mass is 345 g/mol. The molecule has 24 heavy (non-hydrogen) atoms. The van der Waals surface area contributed by atoms with Gasteiger partial charge < -0.3 is 19.9 Å². The zero-order valence-electron chi connectivity index (χ0n) is 13.3. The minimum absolute atomic E-state index is 0.0109. The second kappa shape index (κ2) is 6.49. The van der Waals surface area contributed by atoms with E-state index < -0.39 is 0 Å². The van der Waals surface area contributed by atoms with Crippen molar-refractivity contribution in [1.82, 2.24) is 15.2 Å². The van der Waals surface area contributed by atoms with Crippen molar-refractivity contribution in [3.05, 3.63) is 47.1 Å². The highest BCUT2D eigenvalue weighted by Crippen LogP contribution is 2.28. The summed E-state index contributed by atoms with van der Waals surface area (Å²) >= 11 is 5.82. The van der Waals surface area contributed by atoms with Crippen molar-refractivity contribution in [3.63, 3.8) is 0 Å². The fourth-order valence-electron chi connectivity index (χ4n) is 3.59. The maximum absolute atomic E-state index is 12.5. The summed E-state index contributed by atoms with van der Waals surface area (Å²) in [5.41, 5.74) is 0.656. The number of hydrogen-bond acceptors (Lipinski definition) is 3. The second-order valence-corrected chi connectivity index (χ2v) is 6.92. The number of aromatic nitrogens is 1. The van der Waals surface area contributed by atoms with Gasteiger partial charge in [-0.05, 0) is 62.2 Å². The molecule has 6 heteroatoms. The lowest BCUT2D eigenvalue weighted by Crippen LogP contribution is -2.57. The minimum atomic E-state index is -0.0109. The van der Waals surface area contributed by atoms with Gasteiger partial charge in [0.05, 0.1) is 0 Å². The Morgan fingerprint density at radius 2 is 1.92 bits per heavy atom. The number of hydrogen-bond donors (Lipinski definition) is 2. The summed E-state index contributed by atoms with van der Waals surface area (Å²) in [5.74, 6) is 1.85. The van der Waals surface area contributed by atoms with Gasteiger partial charge in [-0.3, -0.25) is 4.79 Å². The standard InChI is InChI=1S/C18H20ClN3O2/c19-16-5-6-17(21-16)24-14-3-1-13(2-4-14)18(23)20-15-11-22-9-7-12(15)8-10-22/h1-6,12,15,21H,7-11H2,(H,20,23)/t15-/m0/s1. The molecular formula is C18H20ClN3O2. The fourth-order valence-corrected chi connectivity index (χ4v) is 3.75. The van der Waals surface area contributed by atoms with Crippen LogP contribution in [0, 0.1) is 5.92 Å². The number of halogens is 1. The van der Waals surface area contributed by atoms with Crippen LogP contribution in [0.25, 0.3) is 0 Å². The van der Waals surface area contributed by atoms with Gasteiger partial charge in [-0.25, -0.2) is 0 Å². The molecule has 2 N–H and O–H groups in total. The Kier molecular flexibility index (Phi) is 4.21. The molecule has 0 saturated carbocycles. The molecule has 2 aromatic rings. The third kappa shape index (κ3) is 3.28. The number of amides is 1. The molecule has 0 spiro atoms. The highest BCUT2D eigenvalue weighted by molar-refractivity contribution is 6.29. The van der Waals surface area contributed by atoms with E-state index in [0.717, 1.165) is 6.54 Å². The maximum Gasteiger partial charge on any atom is 0.251 e. The van der Waals surface area contributed by atoms with Gasteiger partial charge in [0.1, 0.15) is 10.9 Å². The fraction of sp³-hybridized carbons (Fsp3) is 0.389. The predicted octanol–water partition coefficient (Wildman–Crippen LogP) is 3.28. The molecule has 1 aromatic heterocycles. The summed E-state index contributed by atoms with van der Waals surface area (Å²) in [6.45, 7) is 3.32. The van der Waals surface area contributed by atoms with Crippen molar-refractivity contribution in [1.29, 1.82) is 0 Å². The number of aromatic amines is 1. The number of ether oxygens (including phenoxy) is 1. The molecule has 0 radical (unpaired) electrons. The lowest BCUT2D eigenvalue weighted by atomic mass is 9.84. The number of nitrogens with zero attached hydrogens (tertiary/aromatic N) is 1. The Labute approximate surface area is 145 Å². The van der Waals surface area contributed by atoms with Crippen molar-refractivity contribution in [2.24, 2.45) is 5.92 Å². The average molecular weight is 346 g/mol. The molecule has 1 atom stereocenters. The van der Waals surface area contributed by atoms with E-state index in [9.17, 15) is 4.79 Å². The topological polar surface area (TPSA) is 57.4 Å². The van der Waals surface area contributed by atoms with Crippen molar-refractivity contribution < 1.29 is 9.53 Å². The number of piperidine rings is 3. The molecule has 1 amide bonds. The summed E-state index contributed by atoms with van der Waals surface area (Å²) in [7, 11) is 0. The first-order chi connectivity index (χ1) is 11.7. The zero-order chi connectivity index (χ0) is 16.5. The minimum Gasteiger partial charge on any atom is -0.441 e. The molecule has 3 aliphatic rings. The van der Waals surface area contributed by atoms with Gasteiger partial charge in [0, 0.05) is 24.2 Å². The molecule has 3 saturated heterocycles. The number of carbonyl (C=O) groups excluding carboxylic acids is 1. The SMILES string of the molecule is O=C(N[C@H]1CN2CCC1CC2)c1ccc(Oc2ccc(Cl)[nH]2)cc1. The van der Waals surface area contributed by atoms with E-state index in [1.54, 1.807) is 36.4 Å². The molecule has 3 fully saturated rings. The summed E-state index contributed by atoms with van der Waals surface area (Å²) in [4.78, 5) is 17.8. The third-order valence-corrected chi connectivity index (χ3v) is 5.16. The molecular weight excluding hydrogens is 326 g/mol. The smallest absolute Gasteiger partial charge is 0.251 e. The number of H-pyrrole nitrogens is 1. The Balaban J connectivity index is 1.38. The molecule has 5 rings (SSSR count). The van der Waals surface area contributed by atoms with Crippen LogP contribution < -0.4 is 10.1 Å². The largest absolute Gasteiger partial charge is 0.441 e. The first-order valence-electron chi connectivity index (χ1n) is 8.33. The van der Waals surface area contributed by atoms with Gasteiger partial charge in [-0.15, -0.1) is 0 Å². The van der Waals surface area contributed by atoms with E-state index in [1.807, 2.05) is 0 Å². The first-order valence-corrected chi connectivity index (χ1v) is 8.71. The van der Waals surface area contributed by atoms with Gasteiger partial charge in [-0.2, -0.15) is 0 Å². The van der Waals surface area contributed by atoms with E-state index in [1.165, 1.54) is 25.9 Å². The highest BCUT2D eigenvalue weighted by atomic mass is 35.5. The highest BCUT2D eigenvalue weighted by Gasteiger charge is 2.34. The van der Waals surface area contributed by atoms with E-state index in [2.05, 4.69) is 15.2 Å². The van der Waals surface area contributed by atoms with Gasteiger partial charge in [0.15, 0.2) is 5.88 Å². The lowest BCUT2D eigenvalue weighted by Gasteiger charge is -2.44. The second-order valence-electron chi connectivity index (χ2n) is 6.51. The molecule has 1 aromatic carbocycles. The number of carbonyl (C=O) groups is 1. The number of rotatable bonds is 4. The quantitative estimate of drug-likeness (QED) is 0.894. The van der Waals surface area contributed by atoms with Gasteiger partial charge in [0.2, 0.25) is 0 Å². The van der Waals surface area contributed by atoms with Crippen molar-refractivity contribution >= 4 is 17.5 Å². The van der Waals surface area contributed by atoms with Crippen LogP contribution in [0.3, 0.4) is 0 Å². The predicted molar refractivity (Wildman–Crippen MR) is 92.7 cm³/mol. The summed E-state index contributed by atoms with van der Waals surface area (Å²) in [6, 6.07) is 10.9. The third-order valence-electron chi connectivity index (χ3n) is 4.94. The maximum atomic E-state index is 12.5. The van der Waals surface area contributed by atoms with Crippen LogP contribution in [0.15, 0.2) is 36.4 Å². The zero-order valence-corrected chi connectivity index (χ0v) is 14.1. The number of benzene rings is 1. The molecule has 2 bridgehead atoms. The van der Waals surface area contributed by atoms with Crippen LogP contribution in [-0.2, 0) is 0 Å². The van der Waals surface area contributed by atoms with Gasteiger partial charge in [-0.1, -0.05) is 11.6 Å². The molecule has 0 aliphatic carbocycles. The summed E-state index contributed by atoms with van der Waals surface area (Å²) in [6.07, 6.45) is 2.38. The molecule has 5 nitrogen and oxygen atoms in total. The Morgan fingerprint density at radius 1 is 1.17 bits per heavy atom. The van der Waals surface area contributed by atoms with Crippen LogP contribution in [0.2, 0.25) is 5.15 Å². The van der Waals surface area contributed by atoms with Crippen LogP contribution in [0.5, 0.6) is 11.6 Å². The van der Waals surface area contributed by atoms with Crippen LogP contribution >= 0.6 is 11.6 Å². The Morgan fingerprint density at radius 3 is 2.50 bits per heavy atom. The van der Waals surface area contributed by atoms with Crippen molar-refractivity contribution in [3.8, 4) is 11.6 Å². The molecule has 3 aliphatic heterocycles. The van der Waals surface area contributed by atoms with E-state index in [-0.39, 0.29) is 11.9 Å². The molecule has 4 heterocycles. The number of nitrogens with one attached hydrogen (secondary N) is 2. The molecule has 0 unspecified atom stereocenters. The summed E-state index contributed by atoms with van der Waals surface area (Å²) in [5, 5.41) is 3.72. The normalized spacial score (nSPS) is 25.5. The van der Waals surface area contributed by atoms with Crippen LogP contribution in [0.4, 0.5) is 0 Å². The van der Waals surface area contributed by atoms with E-state index >= 15 is 0 Å². The lowest BCUT2D eigenvalue weighted by molar-refractivity contribution is 0.0620. The van der Waals surface area contributed by atoms with Gasteiger partial charge >= 0.3 is 0 Å². The van der Waals surface area contributed by atoms with Crippen molar-refractivity contribution in [2.75, 3.05) is 19.6 Å². The number of fused-ring (bicyclic) bond motifs is 3. The van der Waals surface area contributed by atoms with Crippen LogP contribution in [-0.4, -0.2) is 41.5 Å². The van der Waals surface area contributed by atoms with E-state index in [4.69, 9.17) is 16.3 Å². The molecule has 126 valence electrons.